The monoisotopic (exact) mass is 814 g/mol. The smallest absolute Gasteiger partial charge is 0.235 e. The number of aryl methyl sites for hydroxylation is 1. The quantitative estimate of drug-likeness (QED) is 0.0858. The van der Waals surface area contributed by atoms with E-state index in [-0.39, 0.29) is 30.2 Å². The lowest BCUT2D eigenvalue weighted by Crippen LogP contribution is -2.09. The fourth-order valence-electron chi connectivity index (χ4n) is 6.97. The van der Waals surface area contributed by atoms with Gasteiger partial charge in [-0.15, -0.1) is 0 Å². The minimum atomic E-state index is 0.0763. The fraction of sp³-hybridized carbons (Fsp3) is 0.154. The van der Waals surface area contributed by atoms with Crippen molar-refractivity contribution in [3.63, 3.8) is 0 Å². The molecule has 0 radical (unpaired) electrons. The molecule has 2 heterocycles. The predicted molar refractivity (Wildman–Crippen MR) is 240 cm³/mol. The summed E-state index contributed by atoms with van der Waals surface area (Å²) in [5, 5.41) is 18.1. The zero-order valence-corrected chi connectivity index (χ0v) is 34.0. The molecule has 0 spiro atoms. The first kappa shape index (κ1) is 43.4. The number of nitrogens with two attached hydrogens (primary N) is 1. The van der Waals surface area contributed by atoms with Gasteiger partial charge in [0.1, 0.15) is 17.3 Å². The Morgan fingerprint density at radius 2 is 1.13 bits per heavy atom. The van der Waals surface area contributed by atoms with Gasteiger partial charge in [-0.3, -0.25) is 24.4 Å². The van der Waals surface area contributed by atoms with Crippen LogP contribution in [0.4, 0.5) is 17.1 Å². The molecule has 0 fully saturated rings. The second-order valence-corrected chi connectivity index (χ2v) is 14.7. The molecule has 2 aliphatic heterocycles. The molecule has 2 aliphatic rings. The van der Waals surface area contributed by atoms with Crippen molar-refractivity contribution in [2.45, 2.75) is 51.5 Å². The molecule has 6 aromatic rings. The number of hydrogen-bond donors (Lipinski definition) is 1. The SMILES string of the molecule is N#Cc1cccc(C2=Nc3ccc(CC(=O)CCc4ccccc4)cc3CC(=O)C2)c1.N#Cc1cccc(C2=Nc3ccc(N)cc3CC(=O)C2)c1.O=C=NCc1ccccc1. The maximum Gasteiger partial charge on any atom is 0.235 e. The third-order valence-electron chi connectivity index (χ3n) is 10.0. The lowest BCUT2D eigenvalue weighted by molar-refractivity contribution is -0.118. The second-order valence-electron chi connectivity index (χ2n) is 14.7. The van der Waals surface area contributed by atoms with E-state index >= 15 is 0 Å². The minimum absolute atomic E-state index is 0.0763. The number of rotatable bonds is 9. The van der Waals surface area contributed by atoms with Gasteiger partial charge in [0.15, 0.2) is 0 Å². The van der Waals surface area contributed by atoms with Gasteiger partial charge in [-0.05, 0) is 93.9 Å². The summed E-state index contributed by atoms with van der Waals surface area (Å²) in [6.45, 7) is 0.435. The third-order valence-corrected chi connectivity index (χ3v) is 10.0. The number of anilines is 1. The van der Waals surface area contributed by atoms with E-state index < -0.39 is 0 Å². The van der Waals surface area contributed by atoms with Gasteiger partial charge in [-0.1, -0.05) is 97.1 Å². The Bertz CT molecular complexity index is 2790. The number of ketones is 3. The molecule has 0 atom stereocenters. The van der Waals surface area contributed by atoms with Crippen molar-refractivity contribution in [3.8, 4) is 12.1 Å². The summed E-state index contributed by atoms with van der Waals surface area (Å²) in [7, 11) is 0. The highest BCUT2D eigenvalue weighted by molar-refractivity contribution is 6.14. The summed E-state index contributed by atoms with van der Waals surface area (Å²) >= 11 is 0. The topological polar surface area (TPSA) is 179 Å². The molecular formula is C52H42N6O4. The van der Waals surface area contributed by atoms with Gasteiger partial charge in [0.25, 0.3) is 0 Å². The van der Waals surface area contributed by atoms with Crippen LogP contribution in [0.1, 0.15) is 69.3 Å². The second kappa shape index (κ2) is 21.7. The summed E-state index contributed by atoms with van der Waals surface area (Å²) in [4.78, 5) is 59.6. The predicted octanol–water partition coefficient (Wildman–Crippen LogP) is 9.24. The van der Waals surface area contributed by atoms with Gasteiger partial charge in [0.2, 0.25) is 6.08 Å². The Balaban J connectivity index is 0.000000177. The molecule has 10 heteroatoms. The molecule has 0 aromatic heterocycles. The molecule has 8 rings (SSSR count). The van der Waals surface area contributed by atoms with Crippen LogP contribution >= 0.6 is 0 Å². The maximum atomic E-state index is 12.6. The van der Waals surface area contributed by atoms with Crippen molar-refractivity contribution in [1.82, 2.24) is 0 Å². The molecule has 0 unspecified atom stereocenters. The molecular weight excluding hydrogens is 773 g/mol. The Kier molecular flexibility index (Phi) is 15.2. The lowest BCUT2D eigenvalue weighted by Gasteiger charge is -2.07. The summed E-state index contributed by atoms with van der Waals surface area (Å²) < 4.78 is 0. The molecule has 0 amide bonds. The van der Waals surface area contributed by atoms with Crippen molar-refractivity contribution in [2.75, 3.05) is 5.73 Å². The van der Waals surface area contributed by atoms with Crippen LogP contribution in [0, 0.1) is 22.7 Å². The van der Waals surface area contributed by atoms with Crippen LogP contribution in [0.25, 0.3) is 0 Å². The molecule has 2 N–H and O–H groups in total. The Hall–Kier alpha value is -8.17. The number of aliphatic imine (C=N–C) groups is 3. The van der Waals surface area contributed by atoms with Gasteiger partial charge in [-0.2, -0.15) is 10.5 Å². The number of nitriles is 2. The molecule has 0 saturated heterocycles. The lowest BCUT2D eigenvalue weighted by atomic mass is 9.98. The summed E-state index contributed by atoms with van der Waals surface area (Å²) in [5.41, 5.74) is 16.8. The van der Waals surface area contributed by atoms with Crippen molar-refractivity contribution in [2.24, 2.45) is 15.0 Å². The first-order valence-corrected chi connectivity index (χ1v) is 20.0. The number of nitrogen functional groups attached to an aromatic ring is 1. The van der Waals surface area contributed by atoms with Crippen LogP contribution < -0.4 is 5.73 Å². The van der Waals surface area contributed by atoms with Crippen LogP contribution in [-0.4, -0.2) is 34.9 Å². The Morgan fingerprint density at radius 3 is 1.68 bits per heavy atom. The van der Waals surface area contributed by atoms with E-state index in [4.69, 9.17) is 21.2 Å². The summed E-state index contributed by atoms with van der Waals surface area (Å²) in [5.74, 6) is 0.356. The van der Waals surface area contributed by atoms with Crippen LogP contribution in [0.2, 0.25) is 0 Å². The molecule has 6 aromatic carbocycles. The van der Waals surface area contributed by atoms with Crippen molar-refractivity contribution in [3.05, 3.63) is 196 Å². The Morgan fingerprint density at radius 1 is 0.597 bits per heavy atom. The number of carbonyl (C=O) groups excluding carboxylic acids is 4. The molecule has 62 heavy (non-hydrogen) atoms. The zero-order chi connectivity index (χ0) is 43.7. The normalized spacial score (nSPS) is 12.5. The average molecular weight is 815 g/mol. The summed E-state index contributed by atoms with van der Waals surface area (Å²) in [6.07, 6.45) is 4.21. The van der Waals surface area contributed by atoms with Gasteiger partial charge in [0, 0.05) is 44.2 Å². The number of carbonyl (C=O) groups is 3. The molecule has 0 saturated carbocycles. The van der Waals surface area contributed by atoms with E-state index in [9.17, 15) is 19.2 Å². The standard InChI is InChI=1S/C27H22N2O2.C17H13N3O.C8H7NO/c28-18-21-7-4-8-22(14-21)27-17-25(31)16-23-13-20(10-12-26(23)29-27)15-24(30)11-9-19-5-2-1-3-6-19;18-10-11-2-1-3-12(6-11)17-9-15(21)8-13-7-14(19)4-5-16(13)20-17;10-7-9-6-8-4-2-1-3-5-8/h1-8,10,12-14H,9,11,15-17H2;1-7H,8-9,19H2;1-5H,6H2. The summed E-state index contributed by atoms with van der Waals surface area (Å²) in [6, 6.07) is 49.3. The number of benzene rings is 6. The highest BCUT2D eigenvalue weighted by Crippen LogP contribution is 2.29. The third kappa shape index (κ3) is 12.7. The number of Topliss-reactive ketones (excluding diaryl/α,β-unsaturated/α-hetero) is 3. The first-order valence-electron chi connectivity index (χ1n) is 20.0. The molecule has 0 bridgehead atoms. The van der Waals surface area contributed by atoms with Crippen LogP contribution in [-0.2, 0) is 51.4 Å². The van der Waals surface area contributed by atoms with Crippen molar-refractivity contribution in [1.29, 1.82) is 10.5 Å². The first-order chi connectivity index (χ1) is 30.2. The van der Waals surface area contributed by atoms with E-state index in [0.717, 1.165) is 56.7 Å². The highest BCUT2D eigenvalue weighted by atomic mass is 16.1. The number of fused-ring (bicyclic) bond motifs is 2. The molecule has 304 valence electrons. The number of nitrogens with zero attached hydrogens (tertiary/aromatic N) is 5. The number of hydrogen-bond acceptors (Lipinski definition) is 10. The van der Waals surface area contributed by atoms with E-state index in [1.54, 1.807) is 48.5 Å². The maximum absolute atomic E-state index is 12.6. The van der Waals surface area contributed by atoms with Crippen molar-refractivity contribution < 1.29 is 19.2 Å². The van der Waals surface area contributed by atoms with Crippen LogP contribution in [0.3, 0.4) is 0 Å². The van der Waals surface area contributed by atoms with Crippen molar-refractivity contribution >= 4 is 51.9 Å². The van der Waals surface area contributed by atoms with E-state index in [2.05, 4.69) is 22.1 Å². The van der Waals surface area contributed by atoms with Crippen LogP contribution in [0.5, 0.6) is 0 Å². The van der Waals surface area contributed by atoms with E-state index in [1.165, 1.54) is 6.08 Å². The molecule has 10 nitrogen and oxygen atoms in total. The minimum Gasteiger partial charge on any atom is -0.399 e. The largest absolute Gasteiger partial charge is 0.399 e. The van der Waals surface area contributed by atoms with Gasteiger partial charge in [-0.25, -0.2) is 9.79 Å². The van der Waals surface area contributed by atoms with E-state index in [0.29, 0.717) is 60.5 Å². The van der Waals surface area contributed by atoms with Gasteiger partial charge < -0.3 is 5.73 Å². The molecule has 0 aliphatic carbocycles. The number of isocyanates is 1. The van der Waals surface area contributed by atoms with Gasteiger partial charge >= 0.3 is 0 Å². The zero-order valence-electron chi connectivity index (χ0n) is 34.0. The highest BCUT2D eigenvalue weighted by Gasteiger charge is 2.20. The van der Waals surface area contributed by atoms with Gasteiger partial charge in [0.05, 0.1) is 52.6 Å². The van der Waals surface area contributed by atoms with E-state index in [1.807, 2.05) is 97.1 Å². The van der Waals surface area contributed by atoms with Crippen LogP contribution in [0.15, 0.2) is 161 Å². The Labute approximate surface area is 360 Å². The average Bonchev–Trinajstić information content (AvgIpc) is 3.58. The fourth-order valence-corrected chi connectivity index (χ4v) is 6.97.